The van der Waals surface area contributed by atoms with Gasteiger partial charge in [-0.2, -0.15) is 4.39 Å². The van der Waals surface area contributed by atoms with Crippen molar-refractivity contribution in [2.75, 3.05) is 10.2 Å². The number of para-hydroxylation sites is 1. The van der Waals surface area contributed by atoms with E-state index in [2.05, 4.69) is 5.32 Å². The van der Waals surface area contributed by atoms with E-state index in [1.54, 1.807) is 12.1 Å². The minimum absolute atomic E-state index is 0.105. The van der Waals surface area contributed by atoms with Crippen LogP contribution in [0.3, 0.4) is 0 Å². The second-order valence-corrected chi connectivity index (χ2v) is 7.28. The van der Waals surface area contributed by atoms with Gasteiger partial charge in [0.2, 0.25) is 11.7 Å². The van der Waals surface area contributed by atoms with E-state index in [1.165, 1.54) is 22.7 Å². The van der Waals surface area contributed by atoms with E-state index in [-0.39, 0.29) is 18.0 Å². The Bertz CT molecular complexity index is 967. The van der Waals surface area contributed by atoms with Crippen molar-refractivity contribution in [1.82, 2.24) is 0 Å². The van der Waals surface area contributed by atoms with Crippen LogP contribution in [-0.4, -0.2) is 21.6 Å². The molecule has 0 aliphatic carbocycles. The molecule has 1 unspecified atom stereocenters. The number of nitrogens with one attached hydrogen (secondary N) is 1. The first-order valence-corrected chi connectivity index (χ1v) is 8.60. The molecule has 2 amide bonds. The van der Waals surface area contributed by atoms with Gasteiger partial charge in [0.15, 0.2) is 4.87 Å². The zero-order valence-corrected chi connectivity index (χ0v) is 14.1. The van der Waals surface area contributed by atoms with Gasteiger partial charge >= 0.3 is 5.69 Å². The van der Waals surface area contributed by atoms with E-state index in [9.17, 15) is 24.1 Å². The van der Waals surface area contributed by atoms with Gasteiger partial charge in [0.25, 0.3) is 5.91 Å². The number of nitro benzene ring substituents is 1. The van der Waals surface area contributed by atoms with E-state index in [0.29, 0.717) is 12.1 Å². The predicted octanol–water partition coefficient (Wildman–Crippen LogP) is 3.30. The number of hydrogen-bond acceptors (Lipinski definition) is 5. The number of fused-ring (bicyclic) bond motifs is 3. The van der Waals surface area contributed by atoms with Gasteiger partial charge in [-0.15, -0.1) is 0 Å². The van der Waals surface area contributed by atoms with E-state index >= 15 is 0 Å². The highest BCUT2D eigenvalue weighted by atomic mass is 32.2. The van der Waals surface area contributed by atoms with Crippen molar-refractivity contribution < 1.29 is 18.9 Å². The molecule has 2 heterocycles. The maximum Gasteiger partial charge on any atom is 0.306 e. The Morgan fingerprint density at radius 2 is 2.08 bits per heavy atom. The number of rotatable bonds is 3. The third-order valence-corrected chi connectivity index (χ3v) is 5.90. The normalized spacial score (nSPS) is 20.7. The van der Waals surface area contributed by atoms with Crippen LogP contribution in [0.4, 0.5) is 21.5 Å². The molecule has 9 heteroatoms. The van der Waals surface area contributed by atoms with Gasteiger partial charge in [-0.1, -0.05) is 23.9 Å². The van der Waals surface area contributed by atoms with Crippen LogP contribution in [0.25, 0.3) is 0 Å². The number of nitrogens with zero attached hydrogens (tertiary/aromatic N) is 2. The molecule has 2 aliphatic rings. The number of carbonyl (C=O) groups is 2. The Labute approximate surface area is 151 Å². The summed E-state index contributed by atoms with van der Waals surface area (Å²) in [6.45, 7) is 0. The predicted molar refractivity (Wildman–Crippen MR) is 93.4 cm³/mol. The first-order valence-electron chi connectivity index (χ1n) is 7.79. The summed E-state index contributed by atoms with van der Waals surface area (Å²) in [4.78, 5) is 36.6. The molecule has 2 aromatic carbocycles. The van der Waals surface area contributed by atoms with Crippen LogP contribution >= 0.6 is 11.8 Å². The second-order valence-electron chi connectivity index (χ2n) is 5.96. The smallest absolute Gasteiger partial charge is 0.306 e. The van der Waals surface area contributed by atoms with Crippen LogP contribution in [0.15, 0.2) is 47.4 Å². The molecule has 0 radical (unpaired) electrons. The molecule has 1 fully saturated rings. The van der Waals surface area contributed by atoms with Crippen molar-refractivity contribution in [3.8, 4) is 0 Å². The average Bonchev–Trinajstić information content (AvgIpc) is 3.12. The van der Waals surface area contributed by atoms with Crippen molar-refractivity contribution in [1.29, 1.82) is 0 Å². The molecule has 7 nitrogen and oxygen atoms in total. The van der Waals surface area contributed by atoms with Crippen LogP contribution in [0, 0.1) is 15.9 Å². The first-order chi connectivity index (χ1) is 12.4. The Balaban J connectivity index is 1.68. The highest BCUT2D eigenvalue weighted by Crippen LogP contribution is 2.56. The molecule has 4 rings (SSSR count). The number of halogens is 1. The fraction of sp³-hybridized carbons (Fsp3) is 0.176. The molecule has 0 spiro atoms. The maximum absolute atomic E-state index is 13.5. The molecular formula is C17H12FN3O4S. The lowest BCUT2D eigenvalue weighted by molar-refractivity contribution is -0.387. The Hall–Kier alpha value is -2.94. The average molecular weight is 373 g/mol. The largest absolute Gasteiger partial charge is 0.323 e. The van der Waals surface area contributed by atoms with Gasteiger partial charge in [0.1, 0.15) is 0 Å². The lowest BCUT2D eigenvalue weighted by atomic mass is 10.1. The molecule has 2 aliphatic heterocycles. The monoisotopic (exact) mass is 373 g/mol. The van der Waals surface area contributed by atoms with E-state index in [1.807, 2.05) is 12.1 Å². The van der Waals surface area contributed by atoms with E-state index in [4.69, 9.17) is 0 Å². The number of benzene rings is 2. The maximum atomic E-state index is 13.5. The van der Waals surface area contributed by atoms with Gasteiger partial charge in [-0.25, -0.2) is 0 Å². The molecule has 1 saturated heterocycles. The van der Waals surface area contributed by atoms with Crippen molar-refractivity contribution in [3.05, 3.63) is 58.4 Å². The molecule has 26 heavy (non-hydrogen) atoms. The Morgan fingerprint density at radius 3 is 2.85 bits per heavy atom. The zero-order chi connectivity index (χ0) is 18.5. The summed E-state index contributed by atoms with van der Waals surface area (Å²) in [6, 6.07) is 10.4. The lowest BCUT2D eigenvalue weighted by Crippen LogP contribution is -2.49. The molecule has 2 aromatic rings. The van der Waals surface area contributed by atoms with Gasteiger partial charge < -0.3 is 5.32 Å². The summed E-state index contributed by atoms with van der Waals surface area (Å²) in [6.07, 6.45) is 0.554. The number of anilines is 2. The number of nitro groups is 1. The summed E-state index contributed by atoms with van der Waals surface area (Å²) in [7, 11) is 0. The zero-order valence-electron chi connectivity index (χ0n) is 13.3. The molecule has 1 N–H and O–H groups in total. The van der Waals surface area contributed by atoms with Crippen LogP contribution < -0.4 is 10.2 Å². The molecule has 132 valence electrons. The van der Waals surface area contributed by atoms with E-state index in [0.717, 1.165) is 17.0 Å². The minimum atomic E-state index is -1.13. The molecular weight excluding hydrogens is 361 g/mol. The Kier molecular flexibility index (Phi) is 3.69. The first kappa shape index (κ1) is 16.5. The summed E-state index contributed by atoms with van der Waals surface area (Å²) < 4.78 is 13.5. The second kappa shape index (κ2) is 5.80. The van der Waals surface area contributed by atoms with Crippen molar-refractivity contribution in [2.45, 2.75) is 22.6 Å². The van der Waals surface area contributed by atoms with Crippen LogP contribution in [0.2, 0.25) is 0 Å². The summed E-state index contributed by atoms with van der Waals surface area (Å²) in [5.41, 5.74) is 0.0654. The van der Waals surface area contributed by atoms with Crippen LogP contribution in [0.5, 0.6) is 0 Å². The Morgan fingerprint density at radius 1 is 1.31 bits per heavy atom. The fourth-order valence-electron chi connectivity index (χ4n) is 3.26. The topological polar surface area (TPSA) is 92.5 Å². The molecule has 0 saturated carbocycles. The number of thioether (sulfide) groups is 1. The van der Waals surface area contributed by atoms with Crippen molar-refractivity contribution >= 4 is 40.6 Å². The van der Waals surface area contributed by atoms with Crippen molar-refractivity contribution in [2.24, 2.45) is 0 Å². The van der Waals surface area contributed by atoms with Crippen molar-refractivity contribution in [3.63, 3.8) is 0 Å². The molecule has 0 bridgehead atoms. The van der Waals surface area contributed by atoms with Gasteiger partial charge in [-0.3, -0.25) is 24.6 Å². The summed E-state index contributed by atoms with van der Waals surface area (Å²) in [5.74, 6) is -1.60. The molecule has 1 atom stereocenters. The van der Waals surface area contributed by atoms with E-state index < -0.39 is 27.2 Å². The summed E-state index contributed by atoms with van der Waals surface area (Å²) in [5, 5.41) is 13.5. The van der Waals surface area contributed by atoms with Gasteiger partial charge in [0.05, 0.1) is 10.6 Å². The number of carbonyl (C=O) groups excluding carboxylic acids is 2. The van der Waals surface area contributed by atoms with Gasteiger partial charge in [-0.05, 0) is 30.7 Å². The fourth-order valence-corrected chi connectivity index (χ4v) is 4.67. The standard InChI is InChI=1S/C17H12FN3O4S/c18-11-6-5-10(9-13(11)21(24)25)19-16(23)17-8-7-15(22)20(17)12-3-1-2-4-14(12)26-17/h1-6,9H,7-8H2,(H,19,23). The highest BCUT2D eigenvalue weighted by Gasteiger charge is 2.57. The number of amides is 2. The minimum Gasteiger partial charge on any atom is -0.323 e. The number of hydrogen-bond donors (Lipinski definition) is 1. The van der Waals surface area contributed by atoms with Gasteiger partial charge in [0, 0.05) is 23.1 Å². The lowest BCUT2D eigenvalue weighted by Gasteiger charge is -2.29. The van der Waals surface area contributed by atoms with Crippen LogP contribution in [0.1, 0.15) is 12.8 Å². The summed E-state index contributed by atoms with van der Waals surface area (Å²) >= 11 is 1.28. The van der Waals surface area contributed by atoms with Crippen LogP contribution in [-0.2, 0) is 9.59 Å². The molecule has 0 aromatic heterocycles. The third-order valence-electron chi connectivity index (χ3n) is 4.43. The quantitative estimate of drug-likeness (QED) is 0.658. The SMILES string of the molecule is O=C1CCC2(C(=O)Nc3ccc(F)c([N+](=O)[O-])c3)Sc3ccccc3N12. The third kappa shape index (κ3) is 2.35. The highest BCUT2D eigenvalue weighted by molar-refractivity contribution is 8.02.